The van der Waals surface area contributed by atoms with Gasteiger partial charge in [0.2, 0.25) is 0 Å². The molecule has 0 amide bonds. The second-order valence-corrected chi connectivity index (χ2v) is 13.3. The molecule has 0 saturated carbocycles. The van der Waals surface area contributed by atoms with Crippen molar-refractivity contribution in [1.82, 2.24) is 9.97 Å². The first-order valence-corrected chi connectivity index (χ1v) is 16.4. The maximum absolute atomic E-state index is 10.9. The number of rotatable bonds is 7. The number of phenols is 1. The second-order valence-electron chi connectivity index (χ2n) is 13.3. The molecule has 2 aromatic heterocycles. The van der Waals surface area contributed by atoms with Gasteiger partial charge in [0, 0.05) is 22.9 Å². The van der Waals surface area contributed by atoms with Crippen LogP contribution >= 0.6 is 0 Å². The third kappa shape index (κ3) is 6.82. The predicted octanol–water partition coefficient (Wildman–Crippen LogP) is 11.4. The monoisotopic (exact) mass is 622 g/mol. The van der Waals surface area contributed by atoms with Crippen LogP contribution in [0.1, 0.15) is 37.5 Å². The summed E-state index contributed by atoms with van der Waals surface area (Å²) in [6, 6.07) is 52.3. The summed E-state index contributed by atoms with van der Waals surface area (Å²) in [4.78, 5) is 10.00. The van der Waals surface area contributed by atoms with Crippen LogP contribution in [-0.4, -0.2) is 15.1 Å². The molecule has 0 saturated heterocycles. The minimum absolute atomic E-state index is 0.103. The Morgan fingerprint density at radius 2 is 1.06 bits per heavy atom. The highest BCUT2D eigenvalue weighted by Crippen LogP contribution is 2.37. The summed E-state index contributed by atoms with van der Waals surface area (Å²) >= 11 is 0. The van der Waals surface area contributed by atoms with E-state index in [9.17, 15) is 5.11 Å². The van der Waals surface area contributed by atoms with Gasteiger partial charge in [0.05, 0.1) is 17.1 Å². The summed E-state index contributed by atoms with van der Waals surface area (Å²) in [5.74, 6) is 0.206. The van der Waals surface area contributed by atoms with Gasteiger partial charge in [0.15, 0.2) is 0 Å². The van der Waals surface area contributed by atoms with Crippen molar-refractivity contribution in [3.8, 4) is 61.8 Å². The van der Waals surface area contributed by atoms with E-state index in [0.717, 1.165) is 56.9 Å². The fourth-order valence-electron chi connectivity index (χ4n) is 6.07. The smallest absolute Gasteiger partial charge is 0.124 e. The number of aromatic hydroxyl groups is 1. The molecule has 1 N–H and O–H groups in total. The first-order chi connectivity index (χ1) is 23.3. The molecule has 5 aromatic carbocycles. The molecule has 0 aliphatic rings. The van der Waals surface area contributed by atoms with E-state index in [1.807, 2.05) is 36.5 Å². The number of hydrogen-bond acceptors (Lipinski definition) is 3. The molecule has 7 rings (SSSR count). The zero-order chi connectivity index (χ0) is 33.1. The number of phenolic OH excluding ortho intramolecular Hbond substituents is 1. The molecule has 0 fully saturated rings. The predicted molar refractivity (Wildman–Crippen MR) is 199 cm³/mol. The number of aromatic nitrogens is 2. The van der Waals surface area contributed by atoms with Crippen LogP contribution in [0.2, 0.25) is 0 Å². The number of hydrogen-bond donors (Lipinski definition) is 1. The average molecular weight is 623 g/mol. The van der Waals surface area contributed by atoms with E-state index in [2.05, 4.69) is 136 Å². The zero-order valence-electron chi connectivity index (χ0n) is 27.6. The summed E-state index contributed by atoms with van der Waals surface area (Å²) in [5.41, 5.74) is 13.3. The molecule has 3 heteroatoms. The van der Waals surface area contributed by atoms with E-state index in [1.54, 1.807) is 6.07 Å². The van der Waals surface area contributed by atoms with Crippen molar-refractivity contribution >= 4 is 0 Å². The van der Waals surface area contributed by atoms with Gasteiger partial charge in [-0.05, 0) is 105 Å². The van der Waals surface area contributed by atoms with Gasteiger partial charge >= 0.3 is 0 Å². The van der Waals surface area contributed by atoms with Crippen LogP contribution < -0.4 is 0 Å². The van der Waals surface area contributed by atoms with Crippen molar-refractivity contribution in [3.63, 3.8) is 0 Å². The summed E-state index contributed by atoms with van der Waals surface area (Å²) in [5, 5.41) is 10.9. The van der Waals surface area contributed by atoms with Crippen molar-refractivity contribution in [3.05, 3.63) is 175 Å². The zero-order valence-corrected chi connectivity index (χ0v) is 27.6. The van der Waals surface area contributed by atoms with Crippen molar-refractivity contribution in [1.29, 1.82) is 0 Å². The lowest BCUT2D eigenvalue weighted by atomic mass is 9.84. The Balaban J connectivity index is 1.36. The Morgan fingerprint density at radius 3 is 1.77 bits per heavy atom. The third-order valence-corrected chi connectivity index (χ3v) is 8.80. The van der Waals surface area contributed by atoms with Crippen LogP contribution in [0, 0.1) is 0 Å². The van der Waals surface area contributed by atoms with E-state index in [1.165, 1.54) is 16.7 Å². The van der Waals surface area contributed by atoms with E-state index in [0.29, 0.717) is 5.56 Å². The number of pyridine rings is 2. The molecule has 2 heterocycles. The van der Waals surface area contributed by atoms with E-state index >= 15 is 0 Å². The molecule has 0 unspecified atom stereocenters. The summed E-state index contributed by atoms with van der Waals surface area (Å²) in [6.45, 7) is 6.70. The summed E-state index contributed by atoms with van der Waals surface area (Å²) < 4.78 is 0. The molecule has 48 heavy (non-hydrogen) atoms. The van der Waals surface area contributed by atoms with Gasteiger partial charge in [0.1, 0.15) is 5.75 Å². The lowest BCUT2D eigenvalue weighted by Gasteiger charge is -2.22. The molecule has 0 radical (unpaired) electrons. The lowest BCUT2D eigenvalue weighted by molar-refractivity contribution is 0.477. The fraction of sp³-hybridized carbons (Fsp3) is 0.111. The number of nitrogens with zero attached hydrogens (tertiary/aromatic N) is 2. The first kappa shape index (κ1) is 30.8. The van der Waals surface area contributed by atoms with Crippen molar-refractivity contribution in [2.24, 2.45) is 0 Å². The van der Waals surface area contributed by atoms with Crippen LogP contribution in [0.3, 0.4) is 0 Å². The maximum atomic E-state index is 10.9. The first-order valence-electron chi connectivity index (χ1n) is 16.4. The van der Waals surface area contributed by atoms with Crippen LogP contribution in [-0.2, 0) is 11.8 Å². The van der Waals surface area contributed by atoms with Crippen LogP contribution in [0.4, 0.5) is 0 Å². The molecule has 0 bridgehead atoms. The van der Waals surface area contributed by atoms with Crippen molar-refractivity contribution in [2.45, 2.75) is 32.6 Å². The van der Waals surface area contributed by atoms with Gasteiger partial charge in [-0.15, -0.1) is 0 Å². The molecule has 0 atom stereocenters. The largest absolute Gasteiger partial charge is 0.507 e. The maximum Gasteiger partial charge on any atom is 0.124 e. The van der Waals surface area contributed by atoms with Crippen LogP contribution in [0.15, 0.2) is 158 Å². The van der Waals surface area contributed by atoms with Gasteiger partial charge in [-0.2, -0.15) is 0 Å². The fourth-order valence-corrected chi connectivity index (χ4v) is 6.07. The van der Waals surface area contributed by atoms with Crippen molar-refractivity contribution < 1.29 is 5.11 Å². The minimum atomic E-state index is -0.103. The van der Waals surface area contributed by atoms with Gasteiger partial charge in [-0.3, -0.25) is 4.98 Å². The van der Waals surface area contributed by atoms with Gasteiger partial charge in [0.25, 0.3) is 0 Å². The Hall–Kier alpha value is -5.80. The molecular formula is C45H38N2O. The number of para-hydroxylation sites is 1. The van der Waals surface area contributed by atoms with Gasteiger partial charge in [-0.1, -0.05) is 118 Å². The number of benzene rings is 5. The van der Waals surface area contributed by atoms with Crippen LogP contribution in [0.25, 0.3) is 56.0 Å². The molecular weight excluding hydrogens is 585 g/mol. The van der Waals surface area contributed by atoms with Crippen LogP contribution in [0.5, 0.6) is 5.75 Å². The standard InChI is InChI=1S/C45H38N2O/c1-45(2,3)39-26-37(41-28-35(22-23-46-41)33-14-8-5-9-15-33)25-38(27-39)42-29-36(30-43(47-42)40-16-10-11-17-44(40)48)34-20-18-32(19-21-34)24-31-12-6-4-7-13-31/h4-23,25-30,48H,24H2,1-3H3. The quantitative estimate of drug-likeness (QED) is 0.192. The SMILES string of the molecule is CC(C)(C)c1cc(-c2cc(-c3ccccc3)ccn2)cc(-c2cc(-c3ccc(Cc4ccccc4)cc3)cc(-c3ccccc3O)n2)c1. The Bertz CT molecular complexity index is 2180. The second kappa shape index (κ2) is 13.1. The topological polar surface area (TPSA) is 46.0 Å². The summed E-state index contributed by atoms with van der Waals surface area (Å²) in [6.07, 6.45) is 2.77. The Kier molecular flexibility index (Phi) is 8.44. The highest BCUT2D eigenvalue weighted by atomic mass is 16.3. The van der Waals surface area contributed by atoms with E-state index in [4.69, 9.17) is 9.97 Å². The minimum Gasteiger partial charge on any atom is -0.507 e. The molecule has 234 valence electrons. The molecule has 3 nitrogen and oxygen atoms in total. The Morgan fingerprint density at radius 1 is 0.479 bits per heavy atom. The summed E-state index contributed by atoms with van der Waals surface area (Å²) in [7, 11) is 0. The lowest BCUT2D eigenvalue weighted by Crippen LogP contribution is -2.11. The molecule has 0 aliphatic carbocycles. The highest BCUT2D eigenvalue weighted by Gasteiger charge is 2.19. The van der Waals surface area contributed by atoms with E-state index < -0.39 is 0 Å². The molecule has 0 spiro atoms. The third-order valence-electron chi connectivity index (χ3n) is 8.80. The van der Waals surface area contributed by atoms with Crippen molar-refractivity contribution in [2.75, 3.05) is 0 Å². The average Bonchev–Trinajstić information content (AvgIpc) is 3.12. The van der Waals surface area contributed by atoms with Gasteiger partial charge < -0.3 is 5.11 Å². The Labute approximate surface area is 283 Å². The normalized spacial score (nSPS) is 11.4. The van der Waals surface area contributed by atoms with Gasteiger partial charge in [-0.25, -0.2) is 4.98 Å². The van der Waals surface area contributed by atoms with E-state index in [-0.39, 0.29) is 11.2 Å². The highest BCUT2D eigenvalue weighted by molar-refractivity contribution is 5.81. The molecule has 7 aromatic rings. The molecule has 0 aliphatic heterocycles.